The molecule has 0 bridgehead atoms. The number of pyridine rings is 1. The summed E-state index contributed by atoms with van der Waals surface area (Å²) in [6.07, 6.45) is 8.16. The van der Waals surface area contributed by atoms with Gasteiger partial charge in [-0.3, -0.25) is 0 Å². The van der Waals surface area contributed by atoms with Gasteiger partial charge in [0.15, 0.2) is 5.82 Å². The van der Waals surface area contributed by atoms with Crippen molar-refractivity contribution in [3.8, 4) is 5.82 Å². The highest BCUT2D eigenvalue weighted by molar-refractivity contribution is 7.93. The Labute approximate surface area is 152 Å². The summed E-state index contributed by atoms with van der Waals surface area (Å²) in [7, 11) is -3.51. The summed E-state index contributed by atoms with van der Waals surface area (Å²) in [5.41, 5.74) is 2.95. The highest BCUT2D eigenvalue weighted by Gasteiger charge is 2.21. The van der Waals surface area contributed by atoms with Crippen LogP contribution in [0.5, 0.6) is 0 Å². The van der Waals surface area contributed by atoms with Crippen molar-refractivity contribution in [3.05, 3.63) is 82.7 Å². The van der Waals surface area contributed by atoms with Gasteiger partial charge in [-0.2, -0.15) is 5.10 Å². The first-order valence-electron chi connectivity index (χ1n) is 8.35. The molecule has 132 valence electrons. The number of nitrogens with one attached hydrogen (secondary N) is 1. The Balaban J connectivity index is 1.46. The van der Waals surface area contributed by atoms with Crippen molar-refractivity contribution in [1.29, 1.82) is 0 Å². The lowest BCUT2D eigenvalue weighted by Gasteiger charge is -2.17. The molecular formula is C19H18N4O2S. The molecule has 26 heavy (non-hydrogen) atoms. The van der Waals surface area contributed by atoms with E-state index in [0.29, 0.717) is 17.1 Å². The highest BCUT2D eigenvalue weighted by Crippen LogP contribution is 2.26. The zero-order valence-electron chi connectivity index (χ0n) is 14.0. The minimum atomic E-state index is -3.51. The van der Waals surface area contributed by atoms with Gasteiger partial charge in [-0.1, -0.05) is 30.3 Å². The van der Waals surface area contributed by atoms with Crippen LogP contribution in [0.2, 0.25) is 0 Å². The molecule has 1 N–H and O–H groups in total. The second-order valence-electron chi connectivity index (χ2n) is 6.11. The van der Waals surface area contributed by atoms with Crippen molar-refractivity contribution in [2.45, 2.75) is 19.4 Å². The molecule has 0 saturated carbocycles. The van der Waals surface area contributed by atoms with E-state index in [1.165, 1.54) is 5.56 Å². The monoisotopic (exact) mass is 366 g/mol. The Morgan fingerprint density at radius 2 is 1.96 bits per heavy atom. The SMILES string of the molecule is O=S(=O)(NCc1ccc(-n2cccn2)nc1)C1=Cc2ccccc2CC1. The minimum absolute atomic E-state index is 0.202. The normalized spacial score (nSPS) is 13.9. The Hall–Kier alpha value is -2.77. The van der Waals surface area contributed by atoms with E-state index in [4.69, 9.17) is 0 Å². The summed E-state index contributed by atoms with van der Waals surface area (Å²) in [5.74, 6) is 0.688. The van der Waals surface area contributed by atoms with Crippen LogP contribution in [-0.4, -0.2) is 23.2 Å². The van der Waals surface area contributed by atoms with Crippen LogP contribution in [-0.2, 0) is 23.0 Å². The first-order chi connectivity index (χ1) is 12.6. The number of aryl methyl sites for hydroxylation is 1. The highest BCUT2D eigenvalue weighted by atomic mass is 32.2. The third-order valence-electron chi connectivity index (χ3n) is 4.37. The number of hydrogen-bond acceptors (Lipinski definition) is 4. The predicted molar refractivity (Wildman–Crippen MR) is 99.9 cm³/mol. The van der Waals surface area contributed by atoms with Crippen LogP contribution in [0.25, 0.3) is 11.9 Å². The fourth-order valence-corrected chi connectivity index (χ4v) is 4.15. The standard InChI is InChI=1S/C19H18N4O2S/c24-26(25,18-8-7-16-4-1-2-5-17(16)12-18)22-14-15-6-9-19(20-13-15)23-11-3-10-21-23/h1-6,9-13,22H,7-8,14H2. The van der Waals surface area contributed by atoms with E-state index in [1.54, 1.807) is 29.3 Å². The zero-order valence-corrected chi connectivity index (χ0v) is 14.9. The van der Waals surface area contributed by atoms with Crippen LogP contribution in [0.4, 0.5) is 0 Å². The van der Waals surface area contributed by atoms with Gasteiger partial charge in [0, 0.05) is 25.1 Å². The summed E-state index contributed by atoms with van der Waals surface area (Å²) < 4.78 is 29.5. The van der Waals surface area contributed by atoms with Gasteiger partial charge in [0.05, 0.1) is 4.91 Å². The number of rotatable bonds is 5. The molecule has 1 aliphatic carbocycles. The second-order valence-corrected chi connectivity index (χ2v) is 7.93. The molecule has 0 amide bonds. The predicted octanol–water partition coefficient (Wildman–Crippen LogP) is 2.67. The molecule has 0 aliphatic heterocycles. The molecule has 1 aromatic carbocycles. The van der Waals surface area contributed by atoms with E-state index in [9.17, 15) is 8.42 Å². The minimum Gasteiger partial charge on any atom is -0.237 e. The Morgan fingerprint density at radius 1 is 1.08 bits per heavy atom. The van der Waals surface area contributed by atoms with Gasteiger partial charge in [0.25, 0.3) is 0 Å². The molecule has 1 aliphatic rings. The van der Waals surface area contributed by atoms with Crippen LogP contribution in [0.1, 0.15) is 23.1 Å². The van der Waals surface area contributed by atoms with E-state index in [2.05, 4.69) is 14.8 Å². The average molecular weight is 366 g/mol. The lowest BCUT2D eigenvalue weighted by atomic mass is 9.98. The van der Waals surface area contributed by atoms with Gasteiger partial charge in [0.2, 0.25) is 10.0 Å². The summed E-state index contributed by atoms with van der Waals surface area (Å²) in [4.78, 5) is 4.74. The molecule has 0 saturated heterocycles. The maximum Gasteiger partial charge on any atom is 0.237 e. The van der Waals surface area contributed by atoms with Crippen LogP contribution in [0.15, 0.2) is 66.0 Å². The van der Waals surface area contributed by atoms with E-state index in [1.807, 2.05) is 42.5 Å². The van der Waals surface area contributed by atoms with Crippen LogP contribution < -0.4 is 4.72 Å². The van der Waals surface area contributed by atoms with Crippen molar-refractivity contribution < 1.29 is 8.42 Å². The first kappa shape index (κ1) is 16.7. The Kier molecular flexibility index (Phi) is 4.40. The molecular weight excluding hydrogens is 348 g/mol. The number of benzene rings is 1. The molecule has 0 spiro atoms. The summed E-state index contributed by atoms with van der Waals surface area (Å²) in [6, 6.07) is 13.4. The molecule has 4 rings (SSSR count). The largest absolute Gasteiger partial charge is 0.237 e. The number of hydrogen-bond donors (Lipinski definition) is 1. The van der Waals surface area contributed by atoms with Crippen molar-refractivity contribution in [2.24, 2.45) is 0 Å². The van der Waals surface area contributed by atoms with Crippen LogP contribution in [0.3, 0.4) is 0 Å². The first-order valence-corrected chi connectivity index (χ1v) is 9.83. The maximum atomic E-state index is 12.6. The molecule has 2 heterocycles. The van der Waals surface area contributed by atoms with Crippen molar-refractivity contribution in [1.82, 2.24) is 19.5 Å². The number of aromatic nitrogens is 3. The van der Waals surface area contributed by atoms with Gasteiger partial charge in [-0.05, 0) is 47.7 Å². The summed E-state index contributed by atoms with van der Waals surface area (Å²) in [5, 5.41) is 4.12. The van der Waals surface area contributed by atoms with E-state index in [-0.39, 0.29) is 6.54 Å². The molecule has 0 radical (unpaired) electrons. The van der Waals surface area contributed by atoms with Crippen molar-refractivity contribution in [2.75, 3.05) is 0 Å². The van der Waals surface area contributed by atoms with Gasteiger partial charge in [-0.25, -0.2) is 22.8 Å². The summed E-state index contributed by atoms with van der Waals surface area (Å²) >= 11 is 0. The molecule has 0 fully saturated rings. The molecule has 0 atom stereocenters. The fraction of sp³-hybridized carbons (Fsp3) is 0.158. The van der Waals surface area contributed by atoms with Crippen LogP contribution >= 0.6 is 0 Å². The lowest BCUT2D eigenvalue weighted by Crippen LogP contribution is -2.25. The molecule has 6 nitrogen and oxygen atoms in total. The fourth-order valence-electron chi connectivity index (χ4n) is 2.95. The zero-order chi connectivity index (χ0) is 18.0. The Morgan fingerprint density at radius 3 is 2.73 bits per heavy atom. The average Bonchev–Trinajstić information content (AvgIpc) is 3.21. The molecule has 3 aromatic rings. The lowest BCUT2D eigenvalue weighted by molar-refractivity contribution is 0.585. The smallest absolute Gasteiger partial charge is 0.237 e. The van der Waals surface area contributed by atoms with Crippen LogP contribution in [0, 0.1) is 0 Å². The quantitative estimate of drug-likeness (QED) is 0.753. The number of nitrogens with zero attached hydrogens (tertiary/aromatic N) is 3. The Bertz CT molecular complexity index is 1040. The van der Waals surface area contributed by atoms with Gasteiger partial charge in [0.1, 0.15) is 0 Å². The summed E-state index contributed by atoms with van der Waals surface area (Å²) in [6.45, 7) is 0.202. The van der Waals surface area contributed by atoms with Crippen molar-refractivity contribution in [3.63, 3.8) is 0 Å². The number of sulfonamides is 1. The van der Waals surface area contributed by atoms with E-state index in [0.717, 1.165) is 17.5 Å². The van der Waals surface area contributed by atoms with Gasteiger partial charge < -0.3 is 0 Å². The third-order valence-corrected chi connectivity index (χ3v) is 5.91. The molecule has 0 unspecified atom stereocenters. The van der Waals surface area contributed by atoms with E-state index < -0.39 is 10.0 Å². The van der Waals surface area contributed by atoms with Crippen molar-refractivity contribution >= 4 is 16.1 Å². The topological polar surface area (TPSA) is 76.9 Å². The third kappa shape index (κ3) is 3.44. The number of allylic oxidation sites excluding steroid dienone is 1. The molecule has 7 heteroatoms. The van der Waals surface area contributed by atoms with Gasteiger partial charge in [-0.15, -0.1) is 0 Å². The van der Waals surface area contributed by atoms with E-state index >= 15 is 0 Å². The second kappa shape index (κ2) is 6.86. The maximum absolute atomic E-state index is 12.6. The number of fused-ring (bicyclic) bond motifs is 1. The van der Waals surface area contributed by atoms with Gasteiger partial charge >= 0.3 is 0 Å². The molecule has 2 aromatic heterocycles.